The SMILES string of the molecule is CC(NCCc1ccccc1F)c1ccc(Cl)s1. The Morgan fingerprint density at radius 2 is 2.06 bits per heavy atom. The molecule has 1 heterocycles. The van der Waals surface area contributed by atoms with Crippen LogP contribution in [0.15, 0.2) is 36.4 Å². The molecular weight excluding hydrogens is 269 g/mol. The summed E-state index contributed by atoms with van der Waals surface area (Å²) >= 11 is 7.47. The minimum absolute atomic E-state index is 0.133. The van der Waals surface area contributed by atoms with Crippen molar-refractivity contribution >= 4 is 22.9 Å². The Kier molecular flexibility index (Phi) is 4.75. The van der Waals surface area contributed by atoms with Crippen LogP contribution in [-0.4, -0.2) is 6.54 Å². The Morgan fingerprint density at radius 3 is 2.72 bits per heavy atom. The highest BCUT2D eigenvalue weighted by Crippen LogP contribution is 2.26. The molecule has 0 fully saturated rings. The van der Waals surface area contributed by atoms with Crippen molar-refractivity contribution in [2.24, 2.45) is 0 Å². The van der Waals surface area contributed by atoms with Crippen LogP contribution in [0, 0.1) is 5.82 Å². The van der Waals surface area contributed by atoms with Crippen molar-refractivity contribution < 1.29 is 4.39 Å². The van der Waals surface area contributed by atoms with Crippen LogP contribution in [0.1, 0.15) is 23.4 Å². The third-order valence-electron chi connectivity index (χ3n) is 2.82. The predicted octanol–water partition coefficient (Wildman–Crippen LogP) is 4.43. The normalized spacial score (nSPS) is 12.6. The average molecular weight is 284 g/mol. The molecule has 2 rings (SSSR count). The zero-order chi connectivity index (χ0) is 13.0. The van der Waals surface area contributed by atoms with Crippen molar-refractivity contribution in [3.8, 4) is 0 Å². The van der Waals surface area contributed by atoms with E-state index in [1.54, 1.807) is 17.4 Å². The highest BCUT2D eigenvalue weighted by molar-refractivity contribution is 7.16. The fraction of sp³-hybridized carbons (Fsp3) is 0.286. The number of benzene rings is 1. The summed E-state index contributed by atoms with van der Waals surface area (Å²) < 4.78 is 14.2. The van der Waals surface area contributed by atoms with Gasteiger partial charge in [-0.1, -0.05) is 29.8 Å². The van der Waals surface area contributed by atoms with Crippen molar-refractivity contribution in [3.63, 3.8) is 0 Å². The quantitative estimate of drug-likeness (QED) is 0.856. The van der Waals surface area contributed by atoms with Gasteiger partial charge in [0.1, 0.15) is 5.82 Å². The molecule has 0 amide bonds. The zero-order valence-electron chi connectivity index (χ0n) is 10.1. The number of hydrogen-bond donors (Lipinski definition) is 1. The lowest BCUT2D eigenvalue weighted by Crippen LogP contribution is -2.20. The number of thiophene rings is 1. The van der Waals surface area contributed by atoms with E-state index in [2.05, 4.69) is 12.2 Å². The number of rotatable bonds is 5. The van der Waals surface area contributed by atoms with Gasteiger partial charge in [-0.2, -0.15) is 0 Å². The van der Waals surface area contributed by atoms with Gasteiger partial charge in [-0.3, -0.25) is 0 Å². The summed E-state index contributed by atoms with van der Waals surface area (Å²) in [6.45, 7) is 2.83. The third kappa shape index (κ3) is 3.55. The molecule has 0 radical (unpaired) electrons. The molecule has 0 aliphatic heterocycles. The molecule has 4 heteroatoms. The van der Waals surface area contributed by atoms with Gasteiger partial charge in [0.25, 0.3) is 0 Å². The Bertz CT molecular complexity index is 512. The molecule has 0 aliphatic carbocycles. The molecular formula is C14H15ClFNS. The summed E-state index contributed by atoms with van der Waals surface area (Å²) in [5.74, 6) is -0.133. The maximum atomic E-state index is 13.4. The van der Waals surface area contributed by atoms with E-state index in [0.717, 1.165) is 16.4 Å². The Labute approximate surface area is 116 Å². The molecule has 0 aliphatic rings. The van der Waals surface area contributed by atoms with Crippen LogP contribution in [0.2, 0.25) is 4.34 Å². The summed E-state index contributed by atoms with van der Waals surface area (Å²) in [4.78, 5) is 1.20. The van der Waals surface area contributed by atoms with Gasteiger partial charge in [0.2, 0.25) is 0 Å². The van der Waals surface area contributed by atoms with E-state index in [0.29, 0.717) is 6.42 Å². The van der Waals surface area contributed by atoms with Crippen molar-refractivity contribution in [2.75, 3.05) is 6.54 Å². The van der Waals surface area contributed by atoms with Gasteiger partial charge in [-0.05, 0) is 43.7 Å². The van der Waals surface area contributed by atoms with Crippen LogP contribution in [0.4, 0.5) is 4.39 Å². The van der Waals surface area contributed by atoms with E-state index in [-0.39, 0.29) is 11.9 Å². The molecule has 1 N–H and O–H groups in total. The molecule has 0 spiro atoms. The lowest BCUT2D eigenvalue weighted by Gasteiger charge is -2.12. The minimum atomic E-state index is -0.133. The molecule has 1 aromatic heterocycles. The van der Waals surface area contributed by atoms with Crippen molar-refractivity contribution in [2.45, 2.75) is 19.4 Å². The summed E-state index contributed by atoms with van der Waals surface area (Å²) in [5.41, 5.74) is 0.751. The molecule has 96 valence electrons. The predicted molar refractivity (Wildman–Crippen MR) is 75.9 cm³/mol. The first kappa shape index (κ1) is 13.5. The Balaban J connectivity index is 1.84. The molecule has 0 saturated carbocycles. The van der Waals surface area contributed by atoms with Crippen LogP contribution in [0.25, 0.3) is 0 Å². The fourth-order valence-corrected chi connectivity index (χ4v) is 2.87. The van der Waals surface area contributed by atoms with Crippen LogP contribution in [-0.2, 0) is 6.42 Å². The summed E-state index contributed by atoms with van der Waals surface area (Å²) in [6.07, 6.45) is 0.691. The van der Waals surface area contributed by atoms with Crippen molar-refractivity contribution in [3.05, 3.63) is 57.0 Å². The van der Waals surface area contributed by atoms with Crippen molar-refractivity contribution in [1.82, 2.24) is 5.32 Å². The standard InChI is InChI=1S/C14H15ClFNS/c1-10(13-6-7-14(15)18-13)17-9-8-11-4-2-3-5-12(11)16/h2-7,10,17H,8-9H2,1H3. The number of hydrogen-bond acceptors (Lipinski definition) is 2. The highest BCUT2D eigenvalue weighted by atomic mass is 35.5. The number of nitrogens with one attached hydrogen (secondary N) is 1. The highest BCUT2D eigenvalue weighted by Gasteiger charge is 2.08. The molecule has 0 saturated heterocycles. The van der Waals surface area contributed by atoms with E-state index in [9.17, 15) is 4.39 Å². The monoisotopic (exact) mass is 283 g/mol. The van der Waals surface area contributed by atoms with Gasteiger partial charge < -0.3 is 5.32 Å². The average Bonchev–Trinajstić information content (AvgIpc) is 2.78. The van der Waals surface area contributed by atoms with E-state index in [1.165, 1.54) is 10.9 Å². The van der Waals surface area contributed by atoms with Gasteiger partial charge in [-0.25, -0.2) is 4.39 Å². The largest absolute Gasteiger partial charge is 0.309 e. The Morgan fingerprint density at radius 1 is 1.28 bits per heavy atom. The first-order valence-electron chi connectivity index (χ1n) is 5.89. The van der Waals surface area contributed by atoms with Gasteiger partial charge >= 0.3 is 0 Å². The van der Waals surface area contributed by atoms with Gasteiger partial charge in [0.05, 0.1) is 4.34 Å². The second kappa shape index (κ2) is 6.32. The van der Waals surface area contributed by atoms with Crippen molar-refractivity contribution in [1.29, 1.82) is 0 Å². The topological polar surface area (TPSA) is 12.0 Å². The van der Waals surface area contributed by atoms with Crippen LogP contribution >= 0.6 is 22.9 Å². The van der Waals surface area contributed by atoms with E-state index >= 15 is 0 Å². The third-order valence-corrected chi connectivity index (χ3v) is 4.24. The second-order valence-electron chi connectivity index (χ2n) is 4.16. The molecule has 1 nitrogen and oxygen atoms in total. The summed E-state index contributed by atoms with van der Waals surface area (Å²) in [5, 5.41) is 3.37. The maximum absolute atomic E-state index is 13.4. The lowest BCUT2D eigenvalue weighted by molar-refractivity contribution is 0.564. The maximum Gasteiger partial charge on any atom is 0.126 e. The molecule has 1 aromatic carbocycles. The second-order valence-corrected chi connectivity index (χ2v) is 5.91. The smallest absolute Gasteiger partial charge is 0.126 e. The fourth-order valence-electron chi connectivity index (χ4n) is 1.79. The van der Waals surface area contributed by atoms with Crippen LogP contribution < -0.4 is 5.32 Å². The first-order valence-corrected chi connectivity index (χ1v) is 7.08. The van der Waals surface area contributed by atoms with Crippen LogP contribution in [0.5, 0.6) is 0 Å². The van der Waals surface area contributed by atoms with E-state index < -0.39 is 0 Å². The van der Waals surface area contributed by atoms with E-state index in [4.69, 9.17) is 11.6 Å². The van der Waals surface area contributed by atoms with Crippen LogP contribution in [0.3, 0.4) is 0 Å². The molecule has 1 atom stereocenters. The van der Waals surface area contributed by atoms with Gasteiger partial charge in [0, 0.05) is 10.9 Å². The van der Waals surface area contributed by atoms with E-state index in [1.807, 2.05) is 24.3 Å². The summed E-state index contributed by atoms with van der Waals surface area (Å²) in [6, 6.07) is 11.1. The molecule has 1 unspecified atom stereocenters. The summed E-state index contributed by atoms with van der Waals surface area (Å²) in [7, 11) is 0. The number of halogens is 2. The lowest BCUT2D eigenvalue weighted by atomic mass is 10.1. The first-order chi connectivity index (χ1) is 8.66. The zero-order valence-corrected chi connectivity index (χ0v) is 11.7. The Hall–Kier alpha value is -0.900. The molecule has 2 aromatic rings. The molecule has 18 heavy (non-hydrogen) atoms. The molecule has 0 bridgehead atoms. The van der Waals surface area contributed by atoms with Gasteiger partial charge in [-0.15, -0.1) is 11.3 Å². The van der Waals surface area contributed by atoms with Gasteiger partial charge in [0.15, 0.2) is 0 Å². The minimum Gasteiger partial charge on any atom is -0.309 e.